The van der Waals surface area contributed by atoms with Gasteiger partial charge in [0.15, 0.2) is 0 Å². The van der Waals surface area contributed by atoms with E-state index in [4.69, 9.17) is 4.74 Å². The second-order valence-electron chi connectivity index (χ2n) is 6.59. The van der Waals surface area contributed by atoms with E-state index in [-0.39, 0.29) is 29.3 Å². The minimum Gasteiger partial charge on any atom is -0.379 e. The van der Waals surface area contributed by atoms with E-state index >= 15 is 0 Å². The van der Waals surface area contributed by atoms with E-state index in [1.807, 2.05) is 27.7 Å². The van der Waals surface area contributed by atoms with Crippen molar-refractivity contribution in [2.75, 3.05) is 19.8 Å². The monoisotopic (exact) mass is 254 g/mol. The van der Waals surface area contributed by atoms with Crippen molar-refractivity contribution in [3.8, 4) is 0 Å². The third-order valence-electron chi connectivity index (χ3n) is 3.84. The molecular formula is C13H22N2O3. The molecule has 2 saturated heterocycles. The normalized spacial score (nSPS) is 33.8. The molecule has 5 nitrogen and oxygen atoms in total. The van der Waals surface area contributed by atoms with Crippen LogP contribution in [-0.4, -0.2) is 48.1 Å². The second kappa shape index (κ2) is 4.23. The first-order chi connectivity index (χ1) is 8.24. The van der Waals surface area contributed by atoms with Gasteiger partial charge >= 0.3 is 0 Å². The van der Waals surface area contributed by atoms with Crippen LogP contribution in [0.2, 0.25) is 0 Å². The molecule has 2 heterocycles. The minimum absolute atomic E-state index is 0.00935. The van der Waals surface area contributed by atoms with Crippen molar-refractivity contribution in [2.45, 2.75) is 45.7 Å². The maximum absolute atomic E-state index is 12.6. The molecule has 0 bridgehead atoms. The van der Waals surface area contributed by atoms with E-state index in [2.05, 4.69) is 5.32 Å². The molecule has 18 heavy (non-hydrogen) atoms. The molecule has 0 aromatic rings. The summed E-state index contributed by atoms with van der Waals surface area (Å²) in [5.41, 5.74) is -0.612. The highest BCUT2D eigenvalue weighted by Gasteiger charge is 2.47. The van der Waals surface area contributed by atoms with Crippen molar-refractivity contribution in [3.63, 3.8) is 0 Å². The molecule has 0 spiro atoms. The van der Waals surface area contributed by atoms with E-state index in [1.165, 1.54) is 0 Å². The summed E-state index contributed by atoms with van der Waals surface area (Å²) in [6, 6.07) is -0.448. The Morgan fingerprint density at radius 3 is 2.56 bits per heavy atom. The number of nitrogens with zero attached hydrogens (tertiary/aromatic N) is 1. The van der Waals surface area contributed by atoms with Crippen LogP contribution >= 0.6 is 0 Å². The summed E-state index contributed by atoms with van der Waals surface area (Å²) in [6.45, 7) is 9.21. The number of hydrogen-bond acceptors (Lipinski definition) is 3. The van der Waals surface area contributed by atoms with Gasteiger partial charge < -0.3 is 15.0 Å². The largest absolute Gasteiger partial charge is 0.379 e. The van der Waals surface area contributed by atoms with Gasteiger partial charge in [0, 0.05) is 6.61 Å². The Balaban J connectivity index is 2.26. The topological polar surface area (TPSA) is 58.6 Å². The first-order valence-electron chi connectivity index (χ1n) is 6.43. The Hall–Kier alpha value is -1.10. The number of nitrogens with one attached hydrogen (secondary N) is 1. The molecule has 0 saturated carbocycles. The first-order valence-corrected chi connectivity index (χ1v) is 6.43. The number of carbonyl (C=O) groups is 2. The van der Waals surface area contributed by atoms with Crippen molar-refractivity contribution >= 4 is 11.8 Å². The standard InChI is InChI=1S/C13H22N2O3/c1-12(2,3)10-11(17)15(7-9(16)14-10)13(4)5-6-18-8-13/h10H,5-8H2,1-4H3,(H,14,16). The van der Waals surface area contributed by atoms with Crippen molar-refractivity contribution in [1.29, 1.82) is 0 Å². The molecule has 0 aliphatic carbocycles. The predicted octanol–water partition coefficient (Wildman–Crippen LogP) is 0.538. The van der Waals surface area contributed by atoms with Gasteiger partial charge in [-0.15, -0.1) is 0 Å². The molecule has 2 rings (SSSR count). The number of carbonyl (C=O) groups excluding carboxylic acids is 2. The SMILES string of the molecule is CC(C)(C)C1NC(=O)CN(C2(C)CCOC2)C1=O. The molecule has 2 unspecified atom stereocenters. The average molecular weight is 254 g/mol. The molecule has 5 heteroatoms. The van der Waals surface area contributed by atoms with Crippen LogP contribution in [0.15, 0.2) is 0 Å². The first kappa shape index (κ1) is 13.3. The molecule has 0 aromatic heterocycles. The lowest BCUT2D eigenvalue weighted by Gasteiger charge is -2.45. The Bertz CT molecular complexity index is 367. The number of amides is 2. The number of hydrogen-bond donors (Lipinski definition) is 1. The summed E-state index contributed by atoms with van der Waals surface area (Å²) in [6.07, 6.45) is 0.795. The zero-order valence-electron chi connectivity index (χ0n) is 11.6. The van der Waals surface area contributed by atoms with Crippen LogP contribution in [0.1, 0.15) is 34.1 Å². The summed E-state index contributed by atoms with van der Waals surface area (Å²) >= 11 is 0. The molecule has 1 N–H and O–H groups in total. The van der Waals surface area contributed by atoms with E-state index in [9.17, 15) is 9.59 Å². The lowest BCUT2D eigenvalue weighted by atomic mass is 9.83. The van der Waals surface area contributed by atoms with E-state index in [1.54, 1.807) is 4.90 Å². The summed E-state index contributed by atoms with van der Waals surface area (Å²) in [5.74, 6) is -0.0715. The lowest BCUT2D eigenvalue weighted by molar-refractivity contribution is -0.153. The van der Waals surface area contributed by atoms with E-state index in [0.29, 0.717) is 13.2 Å². The van der Waals surface area contributed by atoms with Gasteiger partial charge in [-0.3, -0.25) is 9.59 Å². The summed E-state index contributed by atoms with van der Waals surface area (Å²) < 4.78 is 5.39. The quantitative estimate of drug-likeness (QED) is 0.743. The van der Waals surface area contributed by atoms with Crippen LogP contribution in [0.4, 0.5) is 0 Å². The fourth-order valence-electron chi connectivity index (χ4n) is 2.56. The highest BCUT2D eigenvalue weighted by Crippen LogP contribution is 2.31. The van der Waals surface area contributed by atoms with Crippen LogP contribution in [0.3, 0.4) is 0 Å². The van der Waals surface area contributed by atoms with E-state index in [0.717, 1.165) is 6.42 Å². The molecule has 2 fully saturated rings. The fraction of sp³-hybridized carbons (Fsp3) is 0.846. The van der Waals surface area contributed by atoms with Crippen LogP contribution in [-0.2, 0) is 14.3 Å². The zero-order valence-corrected chi connectivity index (χ0v) is 11.6. The number of rotatable bonds is 1. The third-order valence-corrected chi connectivity index (χ3v) is 3.84. The molecule has 102 valence electrons. The highest BCUT2D eigenvalue weighted by atomic mass is 16.5. The maximum Gasteiger partial charge on any atom is 0.246 e. The van der Waals surface area contributed by atoms with Crippen LogP contribution in [0, 0.1) is 5.41 Å². The fourth-order valence-corrected chi connectivity index (χ4v) is 2.56. The van der Waals surface area contributed by atoms with Crippen LogP contribution in [0.5, 0.6) is 0 Å². The number of ether oxygens (including phenoxy) is 1. The molecular weight excluding hydrogens is 232 g/mol. The van der Waals surface area contributed by atoms with Crippen molar-refractivity contribution in [2.24, 2.45) is 5.41 Å². The van der Waals surface area contributed by atoms with Crippen molar-refractivity contribution < 1.29 is 14.3 Å². The van der Waals surface area contributed by atoms with Gasteiger partial charge in [0.2, 0.25) is 11.8 Å². The number of piperazine rings is 1. The second-order valence-corrected chi connectivity index (χ2v) is 6.59. The molecule has 2 atom stereocenters. The Morgan fingerprint density at radius 1 is 1.39 bits per heavy atom. The average Bonchev–Trinajstić information content (AvgIpc) is 2.67. The van der Waals surface area contributed by atoms with Gasteiger partial charge in [-0.2, -0.15) is 0 Å². The minimum atomic E-state index is -0.448. The Morgan fingerprint density at radius 2 is 2.06 bits per heavy atom. The summed E-state index contributed by atoms with van der Waals surface area (Å²) in [5, 5.41) is 2.81. The molecule has 0 aromatic carbocycles. The maximum atomic E-state index is 12.6. The zero-order chi connectivity index (χ0) is 13.6. The van der Waals surface area contributed by atoms with Gasteiger partial charge in [-0.05, 0) is 18.8 Å². The van der Waals surface area contributed by atoms with E-state index < -0.39 is 6.04 Å². The summed E-state index contributed by atoms with van der Waals surface area (Å²) in [4.78, 5) is 26.1. The van der Waals surface area contributed by atoms with Crippen LogP contribution in [0.25, 0.3) is 0 Å². The molecule has 2 aliphatic heterocycles. The van der Waals surface area contributed by atoms with Gasteiger partial charge in [-0.1, -0.05) is 20.8 Å². The molecule has 0 radical (unpaired) electrons. The molecule has 2 amide bonds. The summed E-state index contributed by atoms with van der Waals surface area (Å²) in [7, 11) is 0. The van der Waals surface area contributed by atoms with Gasteiger partial charge in [0.25, 0.3) is 0 Å². The lowest BCUT2D eigenvalue weighted by Crippen LogP contribution is -2.67. The highest BCUT2D eigenvalue weighted by molar-refractivity contribution is 5.95. The Kier molecular flexibility index (Phi) is 3.13. The third kappa shape index (κ3) is 2.23. The predicted molar refractivity (Wildman–Crippen MR) is 66.9 cm³/mol. The smallest absolute Gasteiger partial charge is 0.246 e. The van der Waals surface area contributed by atoms with Crippen molar-refractivity contribution in [1.82, 2.24) is 10.2 Å². The van der Waals surface area contributed by atoms with Crippen LogP contribution < -0.4 is 5.32 Å². The Labute approximate surface area is 108 Å². The van der Waals surface area contributed by atoms with Gasteiger partial charge in [0.05, 0.1) is 12.1 Å². The van der Waals surface area contributed by atoms with Crippen molar-refractivity contribution in [3.05, 3.63) is 0 Å². The molecule has 2 aliphatic rings. The van der Waals surface area contributed by atoms with Gasteiger partial charge in [0.1, 0.15) is 12.6 Å². The van der Waals surface area contributed by atoms with Gasteiger partial charge in [-0.25, -0.2) is 0 Å².